The van der Waals surface area contributed by atoms with Gasteiger partial charge in [0.05, 0.1) is 5.69 Å². The van der Waals surface area contributed by atoms with Crippen LogP contribution >= 0.6 is 0 Å². The van der Waals surface area contributed by atoms with Crippen molar-refractivity contribution in [2.24, 2.45) is 0 Å². The molecule has 0 amide bonds. The van der Waals surface area contributed by atoms with Crippen LogP contribution in [0, 0.1) is 0 Å². The number of rotatable bonds is 8. The van der Waals surface area contributed by atoms with Crippen molar-refractivity contribution in [3.8, 4) is 11.1 Å². The van der Waals surface area contributed by atoms with Gasteiger partial charge in [-0.3, -0.25) is 22.8 Å². The Morgan fingerprint density at radius 1 is 0.328 bits per heavy atom. The minimum absolute atomic E-state index is 0.0216. The minimum Gasteiger partial charge on any atom is -0.399 e. The number of hydrogen-bond donors (Lipinski definition) is 11. The van der Waals surface area contributed by atoms with E-state index < -0.39 is 70.2 Å². The first kappa shape index (κ1) is 46.6. The first-order chi connectivity index (χ1) is 26.4. The van der Waals surface area contributed by atoms with Gasteiger partial charge < -0.3 is 34.4 Å². The van der Waals surface area contributed by atoms with Crippen molar-refractivity contribution in [1.29, 1.82) is 0 Å². The summed E-state index contributed by atoms with van der Waals surface area (Å²) in [6, 6.07) is 18.5. The molecule has 5 aromatic rings. The van der Waals surface area contributed by atoms with E-state index in [-0.39, 0.29) is 61.3 Å². The van der Waals surface area contributed by atoms with Crippen molar-refractivity contribution < 1.29 is 64.9 Å². The van der Waals surface area contributed by atoms with Crippen LogP contribution in [0.25, 0.3) is 23.3 Å². The van der Waals surface area contributed by atoms with Gasteiger partial charge in [-0.25, -0.2) is 0 Å². The van der Waals surface area contributed by atoms with Gasteiger partial charge in [0.25, 0.3) is 50.6 Å². The lowest BCUT2D eigenvalue weighted by Crippen LogP contribution is -2.06. The zero-order valence-corrected chi connectivity index (χ0v) is 33.2. The van der Waals surface area contributed by atoms with E-state index in [2.05, 4.69) is 0 Å². The van der Waals surface area contributed by atoms with Crippen LogP contribution in [-0.2, 0) is 50.6 Å². The van der Waals surface area contributed by atoms with Gasteiger partial charge in [0.2, 0.25) is 0 Å². The summed E-state index contributed by atoms with van der Waals surface area (Å²) in [5.74, 6) is 0. The molecule has 0 spiro atoms. The van der Waals surface area contributed by atoms with Crippen molar-refractivity contribution >= 4 is 96.9 Å². The van der Waals surface area contributed by atoms with E-state index >= 15 is 0 Å². The summed E-state index contributed by atoms with van der Waals surface area (Å²) >= 11 is 0. The third-order valence-electron chi connectivity index (χ3n) is 7.24. The Morgan fingerprint density at radius 3 is 1.03 bits per heavy atom. The third kappa shape index (κ3) is 12.6. The molecule has 0 aliphatic carbocycles. The second kappa shape index (κ2) is 17.4. The summed E-state index contributed by atoms with van der Waals surface area (Å²) in [5.41, 5.74) is 33.2. The highest BCUT2D eigenvalue weighted by Crippen LogP contribution is 2.35. The largest absolute Gasteiger partial charge is 0.399 e. The van der Waals surface area contributed by atoms with Gasteiger partial charge >= 0.3 is 0 Å². The SMILES string of the molecule is Nc1ccc(-c2ccc(N)cc2S(=O)(=O)O)c(S(=O)(=O)O)c1.Nc1ccc(N)c(S(=O)(=O)O)c1.Nc1ccc(S(=O)(=O)O)c(/C=C/c2ccc(N)cc2S(=O)(=O)O)c1. The Kier molecular flexibility index (Phi) is 13.9. The summed E-state index contributed by atoms with van der Waals surface area (Å²) in [6.45, 7) is 0. The zero-order chi connectivity index (χ0) is 44.2. The fourth-order valence-electron chi connectivity index (χ4n) is 4.75. The van der Waals surface area contributed by atoms with E-state index in [1.165, 1.54) is 72.8 Å². The van der Waals surface area contributed by atoms with E-state index in [1.54, 1.807) is 0 Å². The number of benzene rings is 5. The molecular formula is C32H34N6O15S5. The lowest BCUT2D eigenvalue weighted by molar-refractivity contribution is 0.480. The predicted molar refractivity (Wildman–Crippen MR) is 216 cm³/mol. The standard InChI is InChI=1S/C14H14N2O6S2.C12H12N2O6S2.C6H8N2O3S/c15-11-5-6-13(23(17,18)19)10(7-11)2-1-9-3-4-12(16)8-14(9)24(20,21)22;13-7-1-3-9(11(5-7)21(15,16)17)10-4-2-8(14)6-12(10)22(18,19)20;7-4-1-2-5(8)6(3-4)12(9,10)11/h1-8H,15-16H2,(H,17,18,19)(H,20,21,22);1-6H,13-14H2,(H,15,16,17)(H,18,19,20);1-3H,7-8H2,(H,9,10,11)/b2-1+;;. The highest BCUT2D eigenvalue weighted by molar-refractivity contribution is 7.87. The molecule has 5 rings (SSSR count). The molecule has 0 aromatic heterocycles. The number of nitrogens with two attached hydrogens (primary N) is 6. The Labute approximate surface area is 332 Å². The summed E-state index contributed by atoms with van der Waals surface area (Å²) in [7, 11) is -22.6. The summed E-state index contributed by atoms with van der Waals surface area (Å²) in [6.07, 6.45) is 2.51. The molecule has 17 N–H and O–H groups in total. The fraction of sp³-hybridized carbons (Fsp3) is 0. The molecule has 0 atom stereocenters. The smallest absolute Gasteiger partial charge is 0.296 e. The molecule has 0 heterocycles. The summed E-state index contributed by atoms with van der Waals surface area (Å²) in [5, 5.41) is 0. The van der Waals surface area contributed by atoms with Gasteiger partial charge in [0.15, 0.2) is 0 Å². The van der Waals surface area contributed by atoms with Crippen LogP contribution in [0.3, 0.4) is 0 Å². The van der Waals surface area contributed by atoms with Gasteiger partial charge in [-0.2, -0.15) is 42.1 Å². The first-order valence-electron chi connectivity index (χ1n) is 15.2. The van der Waals surface area contributed by atoms with Crippen LogP contribution in [0.1, 0.15) is 11.1 Å². The number of nitrogen functional groups attached to an aromatic ring is 6. The second-order valence-electron chi connectivity index (χ2n) is 11.6. The normalized spacial score (nSPS) is 12.2. The molecule has 0 unspecified atom stereocenters. The van der Waals surface area contributed by atoms with E-state index in [0.29, 0.717) is 0 Å². The highest BCUT2D eigenvalue weighted by Gasteiger charge is 2.24. The Bertz CT molecular complexity index is 2920. The van der Waals surface area contributed by atoms with Crippen molar-refractivity contribution in [3.05, 3.63) is 102 Å². The first-order valence-corrected chi connectivity index (χ1v) is 22.4. The maximum atomic E-state index is 11.5. The molecule has 26 heteroatoms. The predicted octanol–water partition coefficient (Wildman–Crippen LogP) is 2.62. The van der Waals surface area contributed by atoms with E-state index in [0.717, 1.165) is 30.3 Å². The van der Waals surface area contributed by atoms with E-state index in [1.807, 2.05) is 0 Å². The minimum atomic E-state index is -4.66. The van der Waals surface area contributed by atoms with Crippen molar-refractivity contribution in [2.75, 3.05) is 34.4 Å². The molecule has 58 heavy (non-hydrogen) atoms. The zero-order valence-electron chi connectivity index (χ0n) is 29.1. The lowest BCUT2D eigenvalue weighted by atomic mass is 10.0. The summed E-state index contributed by atoms with van der Waals surface area (Å²) < 4.78 is 158. The van der Waals surface area contributed by atoms with Crippen molar-refractivity contribution in [2.45, 2.75) is 24.5 Å². The van der Waals surface area contributed by atoms with Crippen LogP contribution < -0.4 is 34.4 Å². The monoisotopic (exact) mass is 902 g/mol. The van der Waals surface area contributed by atoms with Crippen LogP contribution in [0.15, 0.2) is 115 Å². The van der Waals surface area contributed by atoms with E-state index in [9.17, 15) is 60.3 Å². The van der Waals surface area contributed by atoms with Gasteiger partial charge in [-0.05, 0) is 83.9 Å². The molecule has 0 radical (unpaired) electrons. The molecule has 0 fully saturated rings. The maximum absolute atomic E-state index is 11.5. The number of hydrogen-bond acceptors (Lipinski definition) is 16. The molecule has 0 aliphatic rings. The van der Waals surface area contributed by atoms with Crippen LogP contribution in [0.2, 0.25) is 0 Å². The topological polar surface area (TPSA) is 428 Å². The molecule has 0 saturated carbocycles. The number of anilines is 6. The van der Waals surface area contributed by atoms with Gasteiger partial charge in [0, 0.05) is 39.6 Å². The average Bonchev–Trinajstić information content (AvgIpc) is 3.07. The average molecular weight is 903 g/mol. The lowest BCUT2D eigenvalue weighted by Gasteiger charge is -2.12. The fourth-order valence-corrected chi connectivity index (χ4v) is 8.26. The Balaban J connectivity index is 0.000000245. The second-order valence-corrected chi connectivity index (χ2v) is 18.6. The Hall–Kier alpha value is -5.81. The quantitative estimate of drug-likeness (QED) is 0.0605. The van der Waals surface area contributed by atoms with Crippen molar-refractivity contribution in [3.63, 3.8) is 0 Å². The van der Waals surface area contributed by atoms with Crippen LogP contribution in [0.4, 0.5) is 34.1 Å². The third-order valence-corrected chi connectivity index (χ3v) is 11.8. The summed E-state index contributed by atoms with van der Waals surface area (Å²) in [4.78, 5) is -2.35. The molecule has 0 bridgehead atoms. The van der Waals surface area contributed by atoms with Crippen molar-refractivity contribution in [1.82, 2.24) is 0 Å². The van der Waals surface area contributed by atoms with Gasteiger partial charge in [0.1, 0.15) is 24.5 Å². The molecule has 0 aliphatic heterocycles. The van der Waals surface area contributed by atoms with E-state index in [4.69, 9.17) is 39.0 Å². The Morgan fingerprint density at radius 2 is 0.638 bits per heavy atom. The molecular weight excluding hydrogens is 869 g/mol. The highest BCUT2D eigenvalue weighted by atomic mass is 32.2. The maximum Gasteiger partial charge on any atom is 0.296 e. The molecule has 312 valence electrons. The van der Waals surface area contributed by atoms with Crippen LogP contribution in [0.5, 0.6) is 0 Å². The van der Waals surface area contributed by atoms with Gasteiger partial charge in [-0.1, -0.05) is 30.4 Å². The molecule has 5 aromatic carbocycles. The molecule has 0 saturated heterocycles. The van der Waals surface area contributed by atoms with Gasteiger partial charge in [-0.15, -0.1) is 0 Å². The molecule has 21 nitrogen and oxygen atoms in total. The van der Waals surface area contributed by atoms with Crippen LogP contribution in [-0.4, -0.2) is 64.9 Å².